The lowest BCUT2D eigenvalue weighted by atomic mass is 9.93. The van der Waals surface area contributed by atoms with E-state index in [2.05, 4.69) is 13.8 Å². The Morgan fingerprint density at radius 3 is 2.67 bits per heavy atom. The summed E-state index contributed by atoms with van der Waals surface area (Å²) in [4.78, 5) is 0. The SMILES string of the molecule is CC(C)CCC(N)C1CCOC1. The van der Waals surface area contributed by atoms with E-state index in [1.165, 1.54) is 12.8 Å². The Bertz CT molecular complexity index is 119. The number of ether oxygens (including phenoxy) is 1. The standard InChI is InChI=1S/C10H21NO/c1-8(2)3-4-10(11)9-5-6-12-7-9/h8-10H,3-7,11H2,1-2H3. The van der Waals surface area contributed by atoms with Gasteiger partial charge in [0.05, 0.1) is 6.61 Å². The first kappa shape index (κ1) is 10.0. The molecule has 0 aromatic carbocycles. The van der Waals surface area contributed by atoms with Crippen molar-refractivity contribution in [1.82, 2.24) is 0 Å². The van der Waals surface area contributed by atoms with Crippen LogP contribution < -0.4 is 5.73 Å². The molecule has 1 fully saturated rings. The number of rotatable bonds is 4. The zero-order chi connectivity index (χ0) is 8.97. The highest BCUT2D eigenvalue weighted by Gasteiger charge is 2.22. The van der Waals surface area contributed by atoms with Crippen molar-refractivity contribution < 1.29 is 4.74 Å². The fourth-order valence-electron chi connectivity index (χ4n) is 1.65. The van der Waals surface area contributed by atoms with Crippen LogP contribution in [0.5, 0.6) is 0 Å². The van der Waals surface area contributed by atoms with Crippen molar-refractivity contribution in [3.63, 3.8) is 0 Å². The first-order valence-electron chi connectivity index (χ1n) is 5.03. The molecule has 1 saturated heterocycles. The average molecular weight is 171 g/mol. The third-order valence-corrected chi connectivity index (χ3v) is 2.65. The van der Waals surface area contributed by atoms with Gasteiger partial charge in [-0.1, -0.05) is 13.8 Å². The van der Waals surface area contributed by atoms with Gasteiger partial charge in [0.15, 0.2) is 0 Å². The van der Waals surface area contributed by atoms with E-state index in [-0.39, 0.29) is 0 Å². The molecule has 12 heavy (non-hydrogen) atoms. The Morgan fingerprint density at radius 1 is 1.42 bits per heavy atom. The van der Waals surface area contributed by atoms with Crippen LogP contribution in [-0.2, 0) is 4.74 Å². The predicted molar refractivity (Wildman–Crippen MR) is 51.0 cm³/mol. The molecule has 1 rings (SSSR count). The summed E-state index contributed by atoms with van der Waals surface area (Å²) in [5.74, 6) is 1.40. The predicted octanol–water partition coefficient (Wildman–Crippen LogP) is 1.79. The van der Waals surface area contributed by atoms with Crippen molar-refractivity contribution in [2.24, 2.45) is 17.6 Å². The van der Waals surface area contributed by atoms with Gasteiger partial charge in [-0.2, -0.15) is 0 Å². The molecule has 2 heteroatoms. The highest BCUT2D eigenvalue weighted by molar-refractivity contribution is 4.76. The molecular weight excluding hydrogens is 150 g/mol. The minimum Gasteiger partial charge on any atom is -0.381 e. The molecule has 2 N–H and O–H groups in total. The smallest absolute Gasteiger partial charge is 0.0509 e. The summed E-state index contributed by atoms with van der Waals surface area (Å²) in [6.45, 7) is 6.30. The summed E-state index contributed by atoms with van der Waals surface area (Å²) in [5, 5.41) is 0. The van der Waals surface area contributed by atoms with Crippen LogP contribution in [0.2, 0.25) is 0 Å². The van der Waals surface area contributed by atoms with E-state index in [4.69, 9.17) is 10.5 Å². The van der Waals surface area contributed by atoms with E-state index in [1.54, 1.807) is 0 Å². The zero-order valence-electron chi connectivity index (χ0n) is 8.25. The second-order valence-electron chi connectivity index (χ2n) is 4.26. The van der Waals surface area contributed by atoms with Gasteiger partial charge in [0.2, 0.25) is 0 Å². The minimum absolute atomic E-state index is 0.370. The molecule has 2 unspecified atom stereocenters. The maximum absolute atomic E-state index is 6.05. The number of nitrogens with two attached hydrogens (primary N) is 1. The summed E-state index contributed by atoms with van der Waals surface area (Å²) < 4.78 is 5.31. The largest absolute Gasteiger partial charge is 0.381 e. The molecule has 0 amide bonds. The van der Waals surface area contributed by atoms with Crippen molar-refractivity contribution in [3.05, 3.63) is 0 Å². The molecule has 2 nitrogen and oxygen atoms in total. The summed E-state index contributed by atoms with van der Waals surface area (Å²) in [6.07, 6.45) is 3.57. The molecule has 72 valence electrons. The van der Waals surface area contributed by atoms with Gasteiger partial charge in [-0.05, 0) is 31.1 Å². The fourth-order valence-corrected chi connectivity index (χ4v) is 1.65. The Kier molecular flexibility index (Phi) is 4.02. The molecular formula is C10H21NO. The van der Waals surface area contributed by atoms with E-state index in [1.807, 2.05) is 0 Å². The molecule has 0 aromatic heterocycles. The third-order valence-electron chi connectivity index (χ3n) is 2.65. The summed E-state index contributed by atoms with van der Waals surface area (Å²) in [5.41, 5.74) is 6.05. The van der Waals surface area contributed by atoms with Gasteiger partial charge >= 0.3 is 0 Å². The molecule has 0 bridgehead atoms. The lowest BCUT2D eigenvalue weighted by Gasteiger charge is -2.18. The molecule has 0 radical (unpaired) electrons. The van der Waals surface area contributed by atoms with Crippen molar-refractivity contribution >= 4 is 0 Å². The summed E-state index contributed by atoms with van der Waals surface area (Å²) in [6, 6.07) is 0.370. The van der Waals surface area contributed by atoms with E-state index in [9.17, 15) is 0 Å². The van der Waals surface area contributed by atoms with E-state index >= 15 is 0 Å². The molecule has 0 saturated carbocycles. The lowest BCUT2D eigenvalue weighted by Crippen LogP contribution is -2.30. The van der Waals surface area contributed by atoms with Crippen molar-refractivity contribution in [3.8, 4) is 0 Å². The first-order valence-corrected chi connectivity index (χ1v) is 5.03. The number of hydrogen-bond donors (Lipinski definition) is 1. The van der Waals surface area contributed by atoms with Gasteiger partial charge in [-0.15, -0.1) is 0 Å². The second kappa shape index (κ2) is 4.83. The number of hydrogen-bond acceptors (Lipinski definition) is 2. The highest BCUT2D eigenvalue weighted by Crippen LogP contribution is 2.19. The van der Waals surface area contributed by atoms with Gasteiger partial charge < -0.3 is 10.5 Å². The Balaban J connectivity index is 2.13. The maximum atomic E-state index is 6.05. The van der Waals surface area contributed by atoms with Gasteiger partial charge in [-0.3, -0.25) is 0 Å². The fraction of sp³-hybridized carbons (Fsp3) is 1.00. The summed E-state index contributed by atoms with van der Waals surface area (Å²) >= 11 is 0. The van der Waals surface area contributed by atoms with Crippen LogP contribution in [0.4, 0.5) is 0 Å². The maximum Gasteiger partial charge on any atom is 0.0509 e. The Hall–Kier alpha value is -0.0800. The average Bonchev–Trinajstić information content (AvgIpc) is 2.51. The van der Waals surface area contributed by atoms with Crippen LogP contribution in [0, 0.1) is 11.8 Å². The van der Waals surface area contributed by atoms with E-state index in [0.717, 1.165) is 25.6 Å². The lowest BCUT2D eigenvalue weighted by molar-refractivity contribution is 0.179. The molecule has 0 spiro atoms. The van der Waals surface area contributed by atoms with Crippen molar-refractivity contribution in [2.45, 2.75) is 39.2 Å². The van der Waals surface area contributed by atoms with Crippen LogP contribution in [0.3, 0.4) is 0 Å². The van der Waals surface area contributed by atoms with Crippen molar-refractivity contribution in [1.29, 1.82) is 0 Å². The monoisotopic (exact) mass is 171 g/mol. The normalized spacial score (nSPS) is 26.5. The molecule has 1 aliphatic heterocycles. The minimum atomic E-state index is 0.370. The van der Waals surface area contributed by atoms with Crippen molar-refractivity contribution in [2.75, 3.05) is 13.2 Å². The van der Waals surface area contributed by atoms with Crippen LogP contribution in [0.15, 0.2) is 0 Å². The van der Waals surface area contributed by atoms with Crippen LogP contribution in [0.25, 0.3) is 0 Å². The van der Waals surface area contributed by atoms with Gasteiger partial charge in [0.25, 0.3) is 0 Å². The Morgan fingerprint density at radius 2 is 2.17 bits per heavy atom. The third kappa shape index (κ3) is 3.11. The highest BCUT2D eigenvalue weighted by atomic mass is 16.5. The molecule has 1 heterocycles. The molecule has 0 aromatic rings. The molecule has 1 aliphatic rings. The topological polar surface area (TPSA) is 35.2 Å². The van der Waals surface area contributed by atoms with Crippen LogP contribution >= 0.6 is 0 Å². The molecule has 0 aliphatic carbocycles. The van der Waals surface area contributed by atoms with Crippen LogP contribution in [-0.4, -0.2) is 19.3 Å². The summed E-state index contributed by atoms with van der Waals surface area (Å²) in [7, 11) is 0. The van der Waals surface area contributed by atoms with E-state index < -0.39 is 0 Å². The first-order chi connectivity index (χ1) is 5.70. The van der Waals surface area contributed by atoms with Gasteiger partial charge in [0.1, 0.15) is 0 Å². The van der Waals surface area contributed by atoms with Gasteiger partial charge in [0, 0.05) is 12.6 Å². The molecule has 2 atom stereocenters. The quantitative estimate of drug-likeness (QED) is 0.700. The van der Waals surface area contributed by atoms with Crippen LogP contribution in [0.1, 0.15) is 33.1 Å². The van der Waals surface area contributed by atoms with E-state index in [0.29, 0.717) is 12.0 Å². The Labute approximate surface area is 75.5 Å². The van der Waals surface area contributed by atoms with Gasteiger partial charge in [-0.25, -0.2) is 0 Å². The second-order valence-corrected chi connectivity index (χ2v) is 4.26. The zero-order valence-corrected chi connectivity index (χ0v) is 8.25.